The highest BCUT2D eigenvalue weighted by Gasteiger charge is 2.34. The maximum Gasteiger partial charge on any atom is 0.251 e. The van der Waals surface area contributed by atoms with E-state index in [4.69, 9.17) is 4.74 Å². The van der Waals surface area contributed by atoms with Crippen molar-refractivity contribution < 1.29 is 19.1 Å². The number of carbonyl (C=O) groups excluding carboxylic acids is 3. The molecule has 2 amide bonds. The summed E-state index contributed by atoms with van der Waals surface area (Å²) in [5, 5.41) is 5.86. The Morgan fingerprint density at radius 2 is 2.07 bits per heavy atom. The van der Waals surface area contributed by atoms with E-state index in [9.17, 15) is 14.4 Å². The standard InChI is InChI=1S/C20H23N3O4S/c1-20(2)10-14-17(15(24)11-20)28-19(22-14)23-16(25)7-8-21-18(26)12-5-4-6-13(9-12)27-3/h4-6,9H,7-8,10-11H2,1-3H3,(H,21,26)(H,22,23,25). The minimum Gasteiger partial charge on any atom is -0.497 e. The van der Waals surface area contributed by atoms with Crippen molar-refractivity contribution in [2.24, 2.45) is 5.41 Å². The second-order valence-electron chi connectivity index (χ2n) is 7.52. The normalized spacial score (nSPS) is 14.9. The van der Waals surface area contributed by atoms with Crippen LogP contribution in [0.25, 0.3) is 0 Å². The number of nitrogens with zero attached hydrogens (tertiary/aromatic N) is 1. The molecule has 0 radical (unpaired) electrons. The molecule has 7 nitrogen and oxygen atoms in total. The molecular formula is C20H23N3O4S. The molecule has 1 aliphatic carbocycles. The molecule has 1 aliphatic rings. The molecule has 0 atom stereocenters. The monoisotopic (exact) mass is 401 g/mol. The smallest absolute Gasteiger partial charge is 0.251 e. The number of ketones is 1. The summed E-state index contributed by atoms with van der Waals surface area (Å²) >= 11 is 1.22. The average Bonchev–Trinajstić information content (AvgIpc) is 3.02. The van der Waals surface area contributed by atoms with Gasteiger partial charge in [-0.05, 0) is 30.0 Å². The van der Waals surface area contributed by atoms with Gasteiger partial charge in [0.25, 0.3) is 5.91 Å². The predicted octanol–water partition coefficient (Wildman–Crippen LogP) is 3.07. The van der Waals surface area contributed by atoms with E-state index < -0.39 is 0 Å². The summed E-state index contributed by atoms with van der Waals surface area (Å²) in [7, 11) is 1.53. The molecule has 0 saturated carbocycles. The summed E-state index contributed by atoms with van der Waals surface area (Å²) in [6.07, 6.45) is 1.32. The first-order valence-electron chi connectivity index (χ1n) is 9.02. The average molecular weight is 401 g/mol. The maximum absolute atomic E-state index is 12.2. The van der Waals surface area contributed by atoms with E-state index in [1.54, 1.807) is 24.3 Å². The zero-order chi connectivity index (χ0) is 20.3. The van der Waals surface area contributed by atoms with Gasteiger partial charge in [0.2, 0.25) is 5.91 Å². The topological polar surface area (TPSA) is 97.4 Å². The SMILES string of the molecule is COc1cccc(C(=O)NCCC(=O)Nc2nc3c(s2)C(=O)CC(C)(C)C3)c1. The van der Waals surface area contributed by atoms with Crippen LogP contribution in [0.1, 0.15) is 52.4 Å². The number of aromatic nitrogens is 1. The van der Waals surface area contributed by atoms with Crippen LogP contribution in [0.3, 0.4) is 0 Å². The zero-order valence-corrected chi connectivity index (χ0v) is 16.9. The fraction of sp³-hybridized carbons (Fsp3) is 0.400. The molecule has 0 saturated heterocycles. The summed E-state index contributed by atoms with van der Waals surface area (Å²) in [6.45, 7) is 4.27. The van der Waals surface area contributed by atoms with Crippen LogP contribution in [0.4, 0.5) is 5.13 Å². The molecule has 0 aliphatic heterocycles. The van der Waals surface area contributed by atoms with Gasteiger partial charge in [-0.3, -0.25) is 14.4 Å². The highest BCUT2D eigenvalue weighted by molar-refractivity contribution is 7.17. The molecule has 1 aromatic heterocycles. The van der Waals surface area contributed by atoms with Crippen LogP contribution in [0.15, 0.2) is 24.3 Å². The molecule has 1 aromatic carbocycles. The molecular weight excluding hydrogens is 378 g/mol. The highest BCUT2D eigenvalue weighted by Crippen LogP contribution is 2.38. The van der Waals surface area contributed by atoms with E-state index >= 15 is 0 Å². The Morgan fingerprint density at radius 3 is 2.82 bits per heavy atom. The predicted molar refractivity (Wildman–Crippen MR) is 107 cm³/mol. The summed E-state index contributed by atoms with van der Waals surface area (Å²) in [5.74, 6) is 0.138. The molecule has 8 heteroatoms. The fourth-order valence-corrected chi connectivity index (χ4v) is 4.05. The van der Waals surface area contributed by atoms with Crippen LogP contribution in [0, 0.1) is 5.41 Å². The minimum atomic E-state index is -0.274. The number of Topliss-reactive ketones (excluding diaryl/α,β-unsaturated/α-hetero) is 1. The van der Waals surface area contributed by atoms with Gasteiger partial charge in [0.1, 0.15) is 5.75 Å². The van der Waals surface area contributed by atoms with Gasteiger partial charge in [-0.2, -0.15) is 0 Å². The zero-order valence-electron chi connectivity index (χ0n) is 16.1. The van der Waals surface area contributed by atoms with Crippen LogP contribution in [-0.4, -0.2) is 36.2 Å². The molecule has 3 rings (SSSR count). The van der Waals surface area contributed by atoms with Crippen molar-refractivity contribution in [2.45, 2.75) is 33.1 Å². The first-order chi connectivity index (χ1) is 13.3. The van der Waals surface area contributed by atoms with Gasteiger partial charge in [-0.15, -0.1) is 0 Å². The fourth-order valence-electron chi connectivity index (χ4n) is 3.11. The van der Waals surface area contributed by atoms with Gasteiger partial charge in [-0.1, -0.05) is 31.3 Å². The maximum atomic E-state index is 12.2. The quantitative estimate of drug-likeness (QED) is 0.775. The Balaban J connectivity index is 1.51. The number of ether oxygens (including phenoxy) is 1. The lowest BCUT2D eigenvalue weighted by Gasteiger charge is -2.26. The van der Waals surface area contributed by atoms with Crippen molar-refractivity contribution in [1.29, 1.82) is 0 Å². The number of carbonyl (C=O) groups is 3. The molecule has 1 heterocycles. The number of nitrogens with one attached hydrogen (secondary N) is 2. The molecule has 28 heavy (non-hydrogen) atoms. The molecule has 0 bridgehead atoms. The van der Waals surface area contributed by atoms with Crippen molar-refractivity contribution in [3.8, 4) is 5.75 Å². The number of benzene rings is 1. The lowest BCUT2D eigenvalue weighted by atomic mass is 9.78. The minimum absolute atomic E-state index is 0.0785. The third-order valence-electron chi connectivity index (χ3n) is 4.45. The van der Waals surface area contributed by atoms with Crippen LogP contribution >= 0.6 is 11.3 Å². The van der Waals surface area contributed by atoms with Crippen LogP contribution in [0.2, 0.25) is 0 Å². The Morgan fingerprint density at radius 1 is 1.29 bits per heavy atom. The lowest BCUT2D eigenvalue weighted by Crippen LogP contribution is -2.27. The summed E-state index contributed by atoms with van der Waals surface area (Å²) < 4.78 is 5.10. The van der Waals surface area contributed by atoms with Crippen molar-refractivity contribution in [1.82, 2.24) is 10.3 Å². The second-order valence-corrected chi connectivity index (χ2v) is 8.52. The van der Waals surface area contributed by atoms with Crippen molar-refractivity contribution in [2.75, 3.05) is 19.0 Å². The number of amides is 2. The number of fused-ring (bicyclic) bond motifs is 1. The number of rotatable bonds is 6. The number of hydrogen-bond donors (Lipinski definition) is 2. The first-order valence-corrected chi connectivity index (χ1v) is 9.84. The van der Waals surface area contributed by atoms with E-state index in [1.165, 1.54) is 18.4 Å². The van der Waals surface area contributed by atoms with Gasteiger partial charge >= 0.3 is 0 Å². The molecule has 0 spiro atoms. The molecule has 0 unspecified atom stereocenters. The van der Waals surface area contributed by atoms with E-state index in [2.05, 4.69) is 15.6 Å². The first kappa shape index (κ1) is 20.0. The van der Waals surface area contributed by atoms with Crippen molar-refractivity contribution in [3.05, 3.63) is 40.4 Å². The second kappa shape index (κ2) is 8.10. The molecule has 2 aromatic rings. The Labute approximate surface area is 167 Å². The molecule has 0 fully saturated rings. The van der Waals surface area contributed by atoms with Crippen LogP contribution < -0.4 is 15.4 Å². The van der Waals surface area contributed by atoms with Crippen LogP contribution in [0.5, 0.6) is 5.75 Å². The van der Waals surface area contributed by atoms with Crippen molar-refractivity contribution in [3.63, 3.8) is 0 Å². The Kier molecular flexibility index (Phi) is 5.79. The largest absolute Gasteiger partial charge is 0.497 e. The molecule has 2 N–H and O–H groups in total. The third-order valence-corrected chi connectivity index (χ3v) is 5.51. The van der Waals surface area contributed by atoms with Gasteiger partial charge in [0.15, 0.2) is 10.9 Å². The van der Waals surface area contributed by atoms with E-state index in [0.717, 1.165) is 12.1 Å². The molecule has 148 valence electrons. The Hall–Kier alpha value is -2.74. The lowest BCUT2D eigenvalue weighted by molar-refractivity contribution is -0.116. The van der Waals surface area contributed by atoms with E-state index in [1.807, 2.05) is 13.8 Å². The third kappa shape index (κ3) is 4.75. The number of anilines is 1. The summed E-state index contributed by atoms with van der Waals surface area (Å²) in [4.78, 5) is 41.6. The van der Waals surface area contributed by atoms with Gasteiger partial charge < -0.3 is 15.4 Å². The van der Waals surface area contributed by atoms with Gasteiger partial charge in [-0.25, -0.2) is 4.98 Å². The van der Waals surface area contributed by atoms with E-state index in [0.29, 0.717) is 27.7 Å². The summed E-state index contributed by atoms with van der Waals surface area (Å²) in [5.41, 5.74) is 1.12. The van der Waals surface area contributed by atoms with Gasteiger partial charge in [0, 0.05) is 24.9 Å². The van der Waals surface area contributed by atoms with Gasteiger partial charge in [0.05, 0.1) is 17.7 Å². The van der Waals surface area contributed by atoms with Crippen LogP contribution in [-0.2, 0) is 11.2 Å². The number of thiazole rings is 1. The highest BCUT2D eigenvalue weighted by atomic mass is 32.1. The number of methoxy groups -OCH3 is 1. The van der Waals surface area contributed by atoms with Crippen molar-refractivity contribution >= 4 is 34.1 Å². The summed E-state index contributed by atoms with van der Waals surface area (Å²) in [6, 6.07) is 6.79. The van der Waals surface area contributed by atoms with E-state index in [-0.39, 0.29) is 36.0 Å². The Bertz CT molecular complexity index is 920. The number of hydrogen-bond acceptors (Lipinski definition) is 6.